The van der Waals surface area contributed by atoms with Crippen molar-refractivity contribution in [2.24, 2.45) is 7.05 Å². The van der Waals surface area contributed by atoms with Crippen LogP contribution in [0.25, 0.3) is 5.95 Å². The van der Waals surface area contributed by atoms with Gasteiger partial charge in [0.15, 0.2) is 12.2 Å². The number of ether oxygens (including phenoxy) is 4. The highest BCUT2D eigenvalue weighted by molar-refractivity contribution is 5.68. The number of nitrogens with one attached hydrogen (secondary N) is 1. The fourth-order valence-corrected chi connectivity index (χ4v) is 3.39. The van der Waals surface area contributed by atoms with Crippen LogP contribution in [0.2, 0.25) is 0 Å². The fourth-order valence-electron chi connectivity index (χ4n) is 3.39. The Morgan fingerprint density at radius 1 is 1.09 bits per heavy atom. The summed E-state index contributed by atoms with van der Waals surface area (Å²) in [5, 5.41) is 0. The van der Waals surface area contributed by atoms with Gasteiger partial charge in [0.05, 0.1) is 5.56 Å². The normalized spacial score (nSPS) is 22.4. The average Bonchev–Trinajstić information content (AvgIpc) is 3.24. The molecule has 2 aromatic rings. The van der Waals surface area contributed by atoms with E-state index in [1.807, 2.05) is 0 Å². The Labute approximate surface area is 180 Å². The van der Waals surface area contributed by atoms with Crippen LogP contribution in [0.15, 0.2) is 28.2 Å². The molecule has 1 saturated heterocycles. The van der Waals surface area contributed by atoms with Gasteiger partial charge in [-0.15, -0.1) is 0 Å². The van der Waals surface area contributed by atoms with Crippen molar-refractivity contribution >= 4 is 17.9 Å². The molecule has 3 heterocycles. The van der Waals surface area contributed by atoms with E-state index in [9.17, 15) is 24.0 Å². The first-order valence-electron chi connectivity index (χ1n) is 9.55. The maximum atomic E-state index is 12.7. The first-order chi connectivity index (χ1) is 15.1. The molecular weight excluding hydrogens is 428 g/mol. The van der Waals surface area contributed by atoms with Crippen LogP contribution in [0.4, 0.5) is 0 Å². The standard InChI is InChI=1S/C19H22N4O9/c1-9(24)29-8-13-15(30-10(2)25)16(31-11(3)26)14(32-13)12-7-23(19(28)21-17(12)27)18-20-5-6-22(18)4/h5-7,13-16H,8H2,1-4H3,(H,21,27,28)/t13-,14+,15?,16?/m1/s1. The number of rotatable bonds is 6. The molecule has 1 fully saturated rings. The van der Waals surface area contributed by atoms with E-state index in [1.165, 1.54) is 19.3 Å². The second kappa shape index (κ2) is 9.18. The van der Waals surface area contributed by atoms with Crippen LogP contribution in [0, 0.1) is 0 Å². The van der Waals surface area contributed by atoms with Crippen molar-refractivity contribution in [2.45, 2.75) is 45.2 Å². The molecule has 3 rings (SSSR count). The second-order valence-corrected chi connectivity index (χ2v) is 7.10. The zero-order chi connectivity index (χ0) is 23.6. The molecule has 0 radical (unpaired) electrons. The molecular formula is C19H22N4O9. The van der Waals surface area contributed by atoms with Gasteiger partial charge >= 0.3 is 23.6 Å². The highest BCUT2D eigenvalue weighted by Crippen LogP contribution is 2.36. The topological polar surface area (TPSA) is 161 Å². The number of carbonyl (C=O) groups excluding carboxylic acids is 3. The van der Waals surface area contributed by atoms with Crippen LogP contribution in [0.5, 0.6) is 0 Å². The Hall–Kier alpha value is -3.74. The summed E-state index contributed by atoms with van der Waals surface area (Å²) in [5.41, 5.74) is -1.62. The van der Waals surface area contributed by atoms with Gasteiger partial charge in [-0.1, -0.05) is 0 Å². The monoisotopic (exact) mass is 450 g/mol. The van der Waals surface area contributed by atoms with Crippen molar-refractivity contribution in [3.05, 3.63) is 45.0 Å². The van der Waals surface area contributed by atoms with Crippen molar-refractivity contribution < 1.29 is 33.3 Å². The van der Waals surface area contributed by atoms with E-state index in [-0.39, 0.29) is 18.1 Å². The zero-order valence-electron chi connectivity index (χ0n) is 17.8. The van der Waals surface area contributed by atoms with E-state index >= 15 is 0 Å². The van der Waals surface area contributed by atoms with Crippen LogP contribution in [-0.2, 0) is 40.4 Å². The minimum Gasteiger partial charge on any atom is -0.463 e. The SMILES string of the molecule is CC(=O)OC[C@H]1O[C@@H](c2cn(-c3nccn3C)c(=O)[nH]c2=O)C(OC(C)=O)C1OC(C)=O. The molecule has 13 heteroatoms. The van der Waals surface area contributed by atoms with Crippen LogP contribution in [0.3, 0.4) is 0 Å². The number of aromatic nitrogens is 4. The summed E-state index contributed by atoms with van der Waals surface area (Å²) in [6.07, 6.45) is -0.411. The Morgan fingerprint density at radius 2 is 1.75 bits per heavy atom. The van der Waals surface area contributed by atoms with Gasteiger partial charge < -0.3 is 23.5 Å². The van der Waals surface area contributed by atoms with Gasteiger partial charge in [0.1, 0.15) is 18.8 Å². The van der Waals surface area contributed by atoms with Gasteiger partial charge in [0.25, 0.3) is 5.56 Å². The van der Waals surface area contributed by atoms with Crippen LogP contribution in [-0.4, -0.2) is 61.9 Å². The zero-order valence-corrected chi connectivity index (χ0v) is 17.8. The number of hydrogen-bond acceptors (Lipinski definition) is 10. The van der Waals surface area contributed by atoms with Gasteiger partial charge in [-0.05, 0) is 0 Å². The van der Waals surface area contributed by atoms with Crippen LogP contribution < -0.4 is 11.2 Å². The van der Waals surface area contributed by atoms with E-state index in [0.29, 0.717) is 0 Å². The quantitative estimate of drug-likeness (QED) is 0.432. The molecule has 0 bridgehead atoms. The summed E-state index contributed by atoms with van der Waals surface area (Å²) in [6, 6.07) is 0. The third-order valence-corrected chi connectivity index (χ3v) is 4.65. The molecule has 0 aliphatic carbocycles. The van der Waals surface area contributed by atoms with Gasteiger partial charge in [-0.25, -0.2) is 14.3 Å². The minimum atomic E-state index is -1.25. The lowest BCUT2D eigenvalue weighted by atomic mass is 10.0. The first-order valence-corrected chi connectivity index (χ1v) is 9.55. The predicted molar refractivity (Wildman–Crippen MR) is 105 cm³/mol. The molecule has 1 aliphatic heterocycles. The molecule has 1 N–H and O–H groups in total. The summed E-state index contributed by atoms with van der Waals surface area (Å²) < 4.78 is 24.1. The van der Waals surface area contributed by atoms with Crippen molar-refractivity contribution in [3.8, 4) is 5.95 Å². The van der Waals surface area contributed by atoms with Gasteiger partial charge in [-0.3, -0.25) is 24.2 Å². The summed E-state index contributed by atoms with van der Waals surface area (Å²) in [4.78, 5) is 66.0. The molecule has 0 aromatic carbocycles. The van der Waals surface area contributed by atoms with E-state index in [2.05, 4.69) is 9.97 Å². The molecule has 0 saturated carbocycles. The Bertz CT molecular complexity index is 1150. The molecule has 2 unspecified atom stereocenters. The lowest BCUT2D eigenvalue weighted by Gasteiger charge is -2.23. The van der Waals surface area contributed by atoms with Gasteiger partial charge in [0.2, 0.25) is 5.95 Å². The predicted octanol–water partition coefficient (Wildman–Crippen LogP) is -0.874. The Balaban J connectivity index is 2.09. The second-order valence-electron chi connectivity index (χ2n) is 7.10. The molecule has 0 spiro atoms. The molecule has 2 aromatic heterocycles. The molecule has 0 amide bonds. The summed E-state index contributed by atoms with van der Waals surface area (Å²) in [6.45, 7) is 3.15. The lowest BCUT2D eigenvalue weighted by molar-refractivity contribution is -0.165. The molecule has 172 valence electrons. The van der Waals surface area contributed by atoms with E-state index in [0.717, 1.165) is 18.4 Å². The number of imidazole rings is 1. The number of nitrogens with zero attached hydrogens (tertiary/aromatic N) is 3. The number of H-pyrrole nitrogens is 1. The number of hydrogen-bond donors (Lipinski definition) is 1. The molecule has 13 nitrogen and oxygen atoms in total. The average molecular weight is 450 g/mol. The van der Waals surface area contributed by atoms with E-state index in [4.69, 9.17) is 18.9 Å². The van der Waals surface area contributed by atoms with Crippen molar-refractivity contribution in [2.75, 3.05) is 6.61 Å². The van der Waals surface area contributed by atoms with Gasteiger partial charge in [0, 0.05) is 46.4 Å². The molecule has 32 heavy (non-hydrogen) atoms. The van der Waals surface area contributed by atoms with Gasteiger partial charge in [-0.2, -0.15) is 0 Å². The number of aromatic amines is 1. The Kier molecular flexibility index (Phi) is 6.58. The molecule has 4 atom stereocenters. The maximum Gasteiger partial charge on any atom is 0.335 e. The highest BCUT2D eigenvalue weighted by atomic mass is 16.6. The van der Waals surface area contributed by atoms with Crippen LogP contribution in [0.1, 0.15) is 32.4 Å². The number of aryl methyl sites for hydroxylation is 1. The van der Waals surface area contributed by atoms with Crippen molar-refractivity contribution in [1.82, 2.24) is 19.1 Å². The van der Waals surface area contributed by atoms with E-state index in [1.54, 1.807) is 17.8 Å². The molecule has 1 aliphatic rings. The highest BCUT2D eigenvalue weighted by Gasteiger charge is 2.51. The Morgan fingerprint density at radius 3 is 2.31 bits per heavy atom. The first kappa shape index (κ1) is 22.9. The third-order valence-electron chi connectivity index (χ3n) is 4.65. The van der Waals surface area contributed by atoms with Crippen LogP contribution >= 0.6 is 0 Å². The lowest BCUT2D eigenvalue weighted by Crippen LogP contribution is -2.41. The van der Waals surface area contributed by atoms with E-state index < -0.39 is 53.6 Å². The minimum absolute atomic E-state index is 0.0821. The summed E-state index contributed by atoms with van der Waals surface area (Å²) in [7, 11) is 1.65. The summed E-state index contributed by atoms with van der Waals surface area (Å²) >= 11 is 0. The smallest absolute Gasteiger partial charge is 0.335 e. The third kappa shape index (κ3) is 4.77. The fraction of sp³-hybridized carbons (Fsp3) is 0.474. The summed E-state index contributed by atoms with van der Waals surface area (Å²) in [5.74, 6) is -1.81. The maximum absolute atomic E-state index is 12.7. The largest absolute Gasteiger partial charge is 0.463 e. The number of esters is 3. The van der Waals surface area contributed by atoms with Crippen molar-refractivity contribution in [1.29, 1.82) is 0 Å². The number of carbonyl (C=O) groups is 3. The van der Waals surface area contributed by atoms with Crippen molar-refractivity contribution in [3.63, 3.8) is 0 Å².